The molecule has 2 aliphatic rings. The Hall–Kier alpha value is -2.05. The largest absolute Gasteiger partial charge is 0.416 e. The van der Waals surface area contributed by atoms with Crippen molar-refractivity contribution in [3.05, 3.63) is 35.4 Å². The number of halogens is 3. The lowest BCUT2D eigenvalue weighted by atomic mass is 9.93. The summed E-state index contributed by atoms with van der Waals surface area (Å²) >= 11 is 0. The fraction of sp³-hybridized carbons (Fsp3) is 0.529. The van der Waals surface area contributed by atoms with E-state index in [1.165, 1.54) is 12.1 Å². The number of nitrogens with zero attached hydrogens (tertiary/aromatic N) is 1. The highest BCUT2D eigenvalue weighted by Crippen LogP contribution is 2.34. The van der Waals surface area contributed by atoms with Crippen molar-refractivity contribution in [3.8, 4) is 0 Å². The SMILES string of the molecule is O=C1CC[C@H](C(=O)N2CCCCC2c2ccc(C(F)(F)F)cc2)N1. The van der Waals surface area contributed by atoms with Gasteiger partial charge >= 0.3 is 6.18 Å². The number of hydrogen-bond acceptors (Lipinski definition) is 2. The smallest absolute Gasteiger partial charge is 0.344 e. The molecule has 2 amide bonds. The van der Waals surface area contributed by atoms with Crippen molar-refractivity contribution in [2.45, 2.75) is 50.4 Å². The molecule has 2 fully saturated rings. The van der Waals surface area contributed by atoms with E-state index < -0.39 is 17.8 Å². The zero-order valence-corrected chi connectivity index (χ0v) is 13.1. The number of likely N-dealkylation sites (tertiary alicyclic amines) is 1. The number of carbonyl (C=O) groups is 2. The average molecular weight is 340 g/mol. The Labute approximate surface area is 138 Å². The summed E-state index contributed by atoms with van der Waals surface area (Å²) < 4.78 is 38.1. The van der Waals surface area contributed by atoms with Gasteiger partial charge in [0.2, 0.25) is 11.8 Å². The van der Waals surface area contributed by atoms with Gasteiger partial charge < -0.3 is 10.2 Å². The Morgan fingerprint density at radius 2 is 1.83 bits per heavy atom. The summed E-state index contributed by atoms with van der Waals surface area (Å²) in [6.07, 6.45) is -1.04. The maximum atomic E-state index is 12.7. The van der Waals surface area contributed by atoms with Crippen molar-refractivity contribution in [3.63, 3.8) is 0 Å². The lowest BCUT2D eigenvalue weighted by Crippen LogP contribution is -2.47. The van der Waals surface area contributed by atoms with Crippen molar-refractivity contribution in [1.82, 2.24) is 10.2 Å². The predicted molar refractivity (Wildman–Crippen MR) is 80.9 cm³/mol. The highest BCUT2D eigenvalue weighted by Gasteiger charge is 2.36. The van der Waals surface area contributed by atoms with Crippen molar-refractivity contribution < 1.29 is 22.8 Å². The fourth-order valence-electron chi connectivity index (χ4n) is 3.44. The van der Waals surface area contributed by atoms with Crippen LogP contribution in [-0.4, -0.2) is 29.3 Å². The number of nitrogens with one attached hydrogen (secondary N) is 1. The Morgan fingerprint density at radius 1 is 1.12 bits per heavy atom. The van der Waals surface area contributed by atoms with Crippen LogP contribution in [0, 0.1) is 0 Å². The Morgan fingerprint density at radius 3 is 2.42 bits per heavy atom. The van der Waals surface area contributed by atoms with Crippen LogP contribution in [0.4, 0.5) is 13.2 Å². The van der Waals surface area contributed by atoms with Gasteiger partial charge in [-0.3, -0.25) is 9.59 Å². The molecular formula is C17H19F3N2O2. The minimum absolute atomic E-state index is 0.128. The van der Waals surface area contributed by atoms with E-state index in [1.807, 2.05) is 0 Å². The molecule has 3 rings (SSSR count). The van der Waals surface area contributed by atoms with E-state index in [2.05, 4.69) is 5.32 Å². The van der Waals surface area contributed by atoms with Crippen LogP contribution in [0.3, 0.4) is 0 Å². The highest BCUT2D eigenvalue weighted by atomic mass is 19.4. The molecule has 4 nitrogen and oxygen atoms in total. The first-order valence-corrected chi connectivity index (χ1v) is 8.13. The summed E-state index contributed by atoms with van der Waals surface area (Å²) in [6.45, 7) is 0.566. The van der Waals surface area contributed by atoms with E-state index >= 15 is 0 Å². The second-order valence-corrected chi connectivity index (χ2v) is 6.32. The summed E-state index contributed by atoms with van der Waals surface area (Å²) in [5.74, 6) is -0.262. The van der Waals surface area contributed by atoms with Crippen LogP contribution in [0.15, 0.2) is 24.3 Å². The Bertz CT molecular complexity index is 628. The molecule has 130 valence electrons. The van der Waals surface area contributed by atoms with Gasteiger partial charge in [0.25, 0.3) is 0 Å². The molecule has 1 unspecified atom stereocenters. The van der Waals surface area contributed by atoms with E-state index in [9.17, 15) is 22.8 Å². The first-order chi connectivity index (χ1) is 11.4. The molecular weight excluding hydrogens is 321 g/mol. The molecule has 0 aliphatic carbocycles. The minimum atomic E-state index is -4.37. The number of benzene rings is 1. The third-order valence-electron chi connectivity index (χ3n) is 4.70. The van der Waals surface area contributed by atoms with Crippen LogP contribution in [0.2, 0.25) is 0 Å². The predicted octanol–water partition coefficient (Wildman–Crippen LogP) is 3.04. The van der Waals surface area contributed by atoms with Crippen LogP contribution in [-0.2, 0) is 15.8 Å². The maximum Gasteiger partial charge on any atom is 0.416 e. The van der Waals surface area contributed by atoms with Crippen molar-refractivity contribution in [2.24, 2.45) is 0 Å². The summed E-state index contributed by atoms with van der Waals surface area (Å²) in [4.78, 5) is 25.7. The zero-order chi connectivity index (χ0) is 17.3. The fourth-order valence-corrected chi connectivity index (χ4v) is 3.44. The third-order valence-corrected chi connectivity index (χ3v) is 4.70. The van der Waals surface area contributed by atoms with Crippen molar-refractivity contribution in [2.75, 3.05) is 6.54 Å². The van der Waals surface area contributed by atoms with E-state index in [4.69, 9.17) is 0 Å². The molecule has 2 atom stereocenters. The monoisotopic (exact) mass is 340 g/mol. The molecule has 2 saturated heterocycles. The van der Waals surface area contributed by atoms with Gasteiger partial charge in [0.15, 0.2) is 0 Å². The molecule has 0 radical (unpaired) electrons. The first-order valence-electron chi connectivity index (χ1n) is 8.13. The normalized spacial score (nSPS) is 24.8. The lowest BCUT2D eigenvalue weighted by molar-refractivity contribution is -0.138. The molecule has 2 heterocycles. The molecule has 7 heteroatoms. The van der Waals surface area contributed by atoms with E-state index in [-0.39, 0.29) is 17.9 Å². The van der Waals surface area contributed by atoms with Gasteiger partial charge in [-0.1, -0.05) is 12.1 Å². The summed E-state index contributed by atoms with van der Waals surface area (Å²) in [7, 11) is 0. The van der Waals surface area contributed by atoms with Gasteiger partial charge in [0.1, 0.15) is 6.04 Å². The first kappa shape index (κ1) is 16.8. The molecule has 0 bridgehead atoms. The standard InChI is InChI=1S/C17H19F3N2O2/c18-17(19,20)12-6-4-11(5-7-12)14-3-1-2-10-22(14)16(24)13-8-9-15(23)21-13/h4-7,13-14H,1-3,8-10H2,(H,21,23)/t13-,14?/m1/s1. The van der Waals surface area contributed by atoms with Crippen molar-refractivity contribution >= 4 is 11.8 Å². The molecule has 1 aromatic rings. The Kier molecular flexibility index (Phi) is 4.51. The zero-order valence-electron chi connectivity index (χ0n) is 13.1. The quantitative estimate of drug-likeness (QED) is 0.900. The topological polar surface area (TPSA) is 49.4 Å². The number of amides is 2. The van der Waals surface area contributed by atoms with Gasteiger partial charge in [-0.05, 0) is 43.4 Å². The lowest BCUT2D eigenvalue weighted by Gasteiger charge is -2.37. The minimum Gasteiger partial charge on any atom is -0.344 e. The second kappa shape index (κ2) is 6.45. The van der Waals surface area contributed by atoms with Crippen LogP contribution in [0.5, 0.6) is 0 Å². The summed E-state index contributed by atoms with van der Waals surface area (Å²) in [6, 6.07) is 4.28. The number of alkyl halides is 3. The third kappa shape index (κ3) is 3.39. The van der Waals surface area contributed by atoms with E-state index in [1.54, 1.807) is 4.90 Å². The van der Waals surface area contributed by atoms with Gasteiger partial charge in [-0.25, -0.2) is 0 Å². The molecule has 0 saturated carbocycles. The van der Waals surface area contributed by atoms with E-state index in [0.29, 0.717) is 24.9 Å². The van der Waals surface area contributed by atoms with Crippen molar-refractivity contribution in [1.29, 1.82) is 0 Å². The molecule has 0 spiro atoms. The average Bonchev–Trinajstić information content (AvgIpc) is 3.00. The van der Waals surface area contributed by atoms with Gasteiger partial charge in [0, 0.05) is 13.0 Å². The molecule has 0 aromatic heterocycles. The maximum absolute atomic E-state index is 12.7. The van der Waals surface area contributed by atoms with Gasteiger partial charge in [-0.2, -0.15) is 13.2 Å². The highest BCUT2D eigenvalue weighted by molar-refractivity contribution is 5.91. The second-order valence-electron chi connectivity index (χ2n) is 6.32. The Balaban J connectivity index is 1.79. The van der Waals surface area contributed by atoms with E-state index in [0.717, 1.165) is 31.4 Å². The summed E-state index contributed by atoms with van der Waals surface area (Å²) in [5.41, 5.74) is 0.0170. The van der Waals surface area contributed by atoms with Gasteiger partial charge in [0.05, 0.1) is 11.6 Å². The van der Waals surface area contributed by atoms with Crippen LogP contribution < -0.4 is 5.32 Å². The number of piperidine rings is 1. The summed E-state index contributed by atoms with van der Waals surface area (Å²) in [5, 5.41) is 2.67. The van der Waals surface area contributed by atoms with Crippen LogP contribution >= 0.6 is 0 Å². The number of carbonyl (C=O) groups excluding carboxylic acids is 2. The molecule has 1 aromatic carbocycles. The van der Waals surface area contributed by atoms with Gasteiger partial charge in [-0.15, -0.1) is 0 Å². The molecule has 24 heavy (non-hydrogen) atoms. The number of hydrogen-bond donors (Lipinski definition) is 1. The number of rotatable bonds is 2. The molecule has 1 N–H and O–H groups in total. The van der Waals surface area contributed by atoms with Crippen LogP contribution in [0.25, 0.3) is 0 Å². The van der Waals surface area contributed by atoms with Crippen LogP contribution in [0.1, 0.15) is 49.3 Å². The molecule has 2 aliphatic heterocycles.